The van der Waals surface area contributed by atoms with Crippen LogP contribution in [0.1, 0.15) is 18.2 Å². The Morgan fingerprint density at radius 2 is 2.19 bits per heavy atom. The van der Waals surface area contributed by atoms with Gasteiger partial charge in [-0.1, -0.05) is 0 Å². The van der Waals surface area contributed by atoms with Crippen LogP contribution in [0.5, 0.6) is 0 Å². The Bertz CT molecular complexity index is 545. The number of hydrogen-bond donors (Lipinski definition) is 2. The molecule has 2 N–H and O–H groups in total. The van der Waals surface area contributed by atoms with Crippen molar-refractivity contribution < 1.29 is 9.18 Å². The Balaban J connectivity index is 2.36. The van der Waals surface area contributed by atoms with E-state index in [4.69, 9.17) is 0 Å². The number of halogens is 1. The first-order chi connectivity index (χ1) is 7.56. The molecule has 1 aromatic carbocycles. The lowest BCUT2D eigenvalue weighted by molar-refractivity contribution is -0.119. The fourth-order valence-electron chi connectivity index (χ4n) is 1.70. The summed E-state index contributed by atoms with van der Waals surface area (Å²) in [6, 6.07) is 5.11. The minimum Gasteiger partial charge on any atom is -0.357 e. The highest BCUT2D eigenvalue weighted by Gasteiger charge is 2.06. The average Bonchev–Trinajstić information content (AvgIpc) is 2.57. The van der Waals surface area contributed by atoms with E-state index in [-0.39, 0.29) is 11.7 Å². The standard InChI is InChI=1S/C12H13FN2O/c1-7-3-11(13)10-5-9(6-14-8(2)16)15-12(10)4-7/h3-5,15H,6H2,1-2H3,(H,14,16). The van der Waals surface area contributed by atoms with Gasteiger partial charge < -0.3 is 10.3 Å². The summed E-state index contributed by atoms with van der Waals surface area (Å²) in [5, 5.41) is 3.23. The zero-order chi connectivity index (χ0) is 11.7. The number of aryl methyl sites for hydroxylation is 1. The number of benzene rings is 1. The second-order valence-corrected chi connectivity index (χ2v) is 3.91. The third-order valence-electron chi connectivity index (χ3n) is 2.42. The summed E-state index contributed by atoms with van der Waals surface area (Å²) in [5.41, 5.74) is 2.44. The molecule has 3 nitrogen and oxygen atoms in total. The van der Waals surface area contributed by atoms with E-state index in [0.29, 0.717) is 11.9 Å². The number of nitrogens with one attached hydrogen (secondary N) is 2. The molecule has 0 aliphatic rings. The van der Waals surface area contributed by atoms with E-state index in [1.165, 1.54) is 13.0 Å². The highest BCUT2D eigenvalue weighted by Crippen LogP contribution is 2.20. The van der Waals surface area contributed by atoms with Crippen LogP contribution < -0.4 is 5.32 Å². The zero-order valence-corrected chi connectivity index (χ0v) is 9.23. The van der Waals surface area contributed by atoms with Gasteiger partial charge in [0.1, 0.15) is 5.82 Å². The molecular weight excluding hydrogens is 207 g/mol. The van der Waals surface area contributed by atoms with Crippen molar-refractivity contribution >= 4 is 16.8 Å². The van der Waals surface area contributed by atoms with Crippen LogP contribution >= 0.6 is 0 Å². The van der Waals surface area contributed by atoms with Crippen molar-refractivity contribution in [2.45, 2.75) is 20.4 Å². The Labute approximate surface area is 92.7 Å². The molecule has 2 aromatic rings. The number of amides is 1. The van der Waals surface area contributed by atoms with Gasteiger partial charge in [0, 0.05) is 23.5 Å². The van der Waals surface area contributed by atoms with Gasteiger partial charge in [-0.3, -0.25) is 4.79 Å². The van der Waals surface area contributed by atoms with Gasteiger partial charge in [0.15, 0.2) is 0 Å². The highest BCUT2D eigenvalue weighted by atomic mass is 19.1. The minimum atomic E-state index is -0.236. The second-order valence-electron chi connectivity index (χ2n) is 3.91. The van der Waals surface area contributed by atoms with Crippen molar-refractivity contribution in [2.75, 3.05) is 0 Å². The Morgan fingerprint density at radius 1 is 1.44 bits per heavy atom. The molecule has 1 heterocycles. The summed E-state index contributed by atoms with van der Waals surface area (Å²) in [6.07, 6.45) is 0. The van der Waals surface area contributed by atoms with Crippen molar-refractivity contribution in [1.82, 2.24) is 10.3 Å². The average molecular weight is 220 g/mol. The molecule has 16 heavy (non-hydrogen) atoms. The van der Waals surface area contributed by atoms with Crippen molar-refractivity contribution in [3.05, 3.63) is 35.3 Å². The van der Waals surface area contributed by atoms with Gasteiger partial charge in [-0.25, -0.2) is 4.39 Å². The fraction of sp³-hybridized carbons (Fsp3) is 0.250. The van der Waals surface area contributed by atoms with Gasteiger partial charge in [0.25, 0.3) is 0 Å². The maximum absolute atomic E-state index is 13.6. The van der Waals surface area contributed by atoms with Crippen LogP contribution in [0.4, 0.5) is 4.39 Å². The maximum atomic E-state index is 13.6. The van der Waals surface area contributed by atoms with E-state index in [1.54, 1.807) is 6.07 Å². The molecular formula is C12H13FN2O. The molecule has 0 fully saturated rings. The molecule has 0 saturated carbocycles. The largest absolute Gasteiger partial charge is 0.357 e. The molecule has 0 atom stereocenters. The monoisotopic (exact) mass is 220 g/mol. The minimum absolute atomic E-state index is 0.102. The molecule has 0 aliphatic heterocycles. The predicted octanol–water partition coefficient (Wildman–Crippen LogP) is 2.25. The fourth-order valence-corrected chi connectivity index (χ4v) is 1.70. The number of rotatable bonds is 2. The predicted molar refractivity (Wildman–Crippen MR) is 60.5 cm³/mol. The van der Waals surface area contributed by atoms with Crippen LogP contribution in [0, 0.1) is 12.7 Å². The number of aromatic nitrogens is 1. The van der Waals surface area contributed by atoms with Gasteiger partial charge in [-0.2, -0.15) is 0 Å². The van der Waals surface area contributed by atoms with E-state index in [1.807, 2.05) is 13.0 Å². The summed E-state index contributed by atoms with van der Waals surface area (Å²) in [7, 11) is 0. The van der Waals surface area contributed by atoms with Gasteiger partial charge in [0.2, 0.25) is 5.91 Å². The molecule has 0 aliphatic carbocycles. The van der Waals surface area contributed by atoms with Crippen molar-refractivity contribution in [2.24, 2.45) is 0 Å². The SMILES string of the molecule is CC(=O)NCc1cc2c(F)cc(C)cc2[nH]1. The van der Waals surface area contributed by atoms with Gasteiger partial charge in [-0.05, 0) is 30.7 Å². The highest BCUT2D eigenvalue weighted by molar-refractivity contribution is 5.82. The molecule has 84 valence electrons. The topological polar surface area (TPSA) is 44.9 Å². The molecule has 1 amide bonds. The zero-order valence-electron chi connectivity index (χ0n) is 9.23. The van der Waals surface area contributed by atoms with Crippen molar-refractivity contribution in [3.63, 3.8) is 0 Å². The van der Waals surface area contributed by atoms with Gasteiger partial charge >= 0.3 is 0 Å². The van der Waals surface area contributed by atoms with Gasteiger partial charge in [-0.15, -0.1) is 0 Å². The molecule has 0 spiro atoms. The summed E-state index contributed by atoms with van der Waals surface area (Å²) in [6.45, 7) is 3.69. The summed E-state index contributed by atoms with van der Waals surface area (Å²) < 4.78 is 13.6. The van der Waals surface area contributed by atoms with Crippen LogP contribution in [0.15, 0.2) is 18.2 Å². The summed E-state index contributed by atoms with van der Waals surface area (Å²) in [4.78, 5) is 13.8. The van der Waals surface area contributed by atoms with Crippen molar-refractivity contribution in [1.29, 1.82) is 0 Å². The Kier molecular flexibility index (Phi) is 2.64. The number of hydrogen-bond acceptors (Lipinski definition) is 1. The number of carbonyl (C=O) groups excluding carboxylic acids is 1. The smallest absolute Gasteiger partial charge is 0.217 e. The third-order valence-corrected chi connectivity index (χ3v) is 2.42. The molecule has 1 aromatic heterocycles. The quantitative estimate of drug-likeness (QED) is 0.801. The van der Waals surface area contributed by atoms with Crippen LogP contribution in [0.2, 0.25) is 0 Å². The second kappa shape index (κ2) is 3.96. The first-order valence-corrected chi connectivity index (χ1v) is 5.08. The number of fused-ring (bicyclic) bond motifs is 1. The molecule has 2 rings (SSSR count). The number of carbonyl (C=O) groups is 1. The van der Waals surface area contributed by atoms with E-state index in [2.05, 4.69) is 10.3 Å². The van der Waals surface area contributed by atoms with Crippen LogP contribution in [0.3, 0.4) is 0 Å². The lowest BCUT2D eigenvalue weighted by Gasteiger charge is -1.97. The third kappa shape index (κ3) is 2.05. The lowest BCUT2D eigenvalue weighted by Crippen LogP contribution is -2.18. The lowest BCUT2D eigenvalue weighted by atomic mass is 10.2. The molecule has 0 saturated heterocycles. The molecule has 0 unspecified atom stereocenters. The Morgan fingerprint density at radius 3 is 2.88 bits per heavy atom. The van der Waals surface area contributed by atoms with E-state index in [9.17, 15) is 9.18 Å². The van der Waals surface area contributed by atoms with Crippen molar-refractivity contribution in [3.8, 4) is 0 Å². The van der Waals surface area contributed by atoms with Crippen LogP contribution in [-0.2, 0) is 11.3 Å². The van der Waals surface area contributed by atoms with Crippen LogP contribution in [0.25, 0.3) is 10.9 Å². The summed E-state index contributed by atoms with van der Waals surface area (Å²) >= 11 is 0. The first kappa shape index (κ1) is 10.7. The van der Waals surface area contributed by atoms with E-state index < -0.39 is 0 Å². The van der Waals surface area contributed by atoms with E-state index >= 15 is 0 Å². The van der Waals surface area contributed by atoms with Crippen LogP contribution in [-0.4, -0.2) is 10.9 Å². The van der Waals surface area contributed by atoms with E-state index in [0.717, 1.165) is 16.8 Å². The normalized spacial score (nSPS) is 10.7. The Hall–Kier alpha value is -1.84. The number of H-pyrrole nitrogens is 1. The molecule has 4 heteroatoms. The first-order valence-electron chi connectivity index (χ1n) is 5.08. The number of aromatic amines is 1. The maximum Gasteiger partial charge on any atom is 0.217 e. The van der Waals surface area contributed by atoms with Gasteiger partial charge in [0.05, 0.1) is 6.54 Å². The summed E-state index contributed by atoms with van der Waals surface area (Å²) in [5.74, 6) is -0.337. The molecule has 0 bridgehead atoms. The molecule has 0 radical (unpaired) electrons.